The van der Waals surface area contributed by atoms with Crippen LogP contribution in [0, 0.1) is 12.7 Å². The maximum atomic E-state index is 13.6. The molecule has 0 bridgehead atoms. The van der Waals surface area contributed by atoms with Gasteiger partial charge in [-0.1, -0.05) is 12.1 Å². The van der Waals surface area contributed by atoms with Gasteiger partial charge in [0.05, 0.1) is 6.04 Å². The Kier molecular flexibility index (Phi) is 9.78. The molecule has 0 aromatic heterocycles. The van der Waals surface area contributed by atoms with Crippen molar-refractivity contribution in [1.29, 1.82) is 0 Å². The summed E-state index contributed by atoms with van der Waals surface area (Å²) in [5.41, 5.74) is 1.45. The molecular formula is C16H26FIN4O. The molecule has 5 nitrogen and oxygen atoms in total. The molecule has 0 aliphatic rings. The lowest BCUT2D eigenvalue weighted by Crippen LogP contribution is -2.39. The molecule has 0 aliphatic carbocycles. The Bertz CT molecular complexity index is 549. The van der Waals surface area contributed by atoms with Crippen molar-refractivity contribution >= 4 is 35.8 Å². The van der Waals surface area contributed by atoms with Gasteiger partial charge in [-0.25, -0.2) is 9.38 Å². The number of nitrogens with one attached hydrogen (secondary N) is 2. The van der Waals surface area contributed by atoms with Crippen LogP contribution in [0.2, 0.25) is 0 Å². The fourth-order valence-corrected chi connectivity index (χ4v) is 1.77. The van der Waals surface area contributed by atoms with Crippen molar-refractivity contribution in [1.82, 2.24) is 15.5 Å². The van der Waals surface area contributed by atoms with E-state index in [0.29, 0.717) is 18.1 Å². The molecule has 1 aromatic carbocycles. The summed E-state index contributed by atoms with van der Waals surface area (Å²) in [7, 11) is 3.38. The van der Waals surface area contributed by atoms with Gasteiger partial charge >= 0.3 is 0 Å². The molecular weight excluding hydrogens is 410 g/mol. The molecule has 1 unspecified atom stereocenters. The van der Waals surface area contributed by atoms with Crippen LogP contribution < -0.4 is 10.6 Å². The Labute approximate surface area is 154 Å². The van der Waals surface area contributed by atoms with Crippen molar-refractivity contribution < 1.29 is 9.18 Å². The molecule has 0 aliphatic heterocycles. The van der Waals surface area contributed by atoms with Crippen molar-refractivity contribution in [2.45, 2.75) is 26.8 Å². The predicted molar refractivity (Wildman–Crippen MR) is 103 cm³/mol. The van der Waals surface area contributed by atoms with Crippen molar-refractivity contribution in [3.05, 3.63) is 35.1 Å². The Hall–Kier alpha value is -1.38. The lowest BCUT2D eigenvalue weighted by molar-refractivity contribution is -0.127. The maximum Gasteiger partial charge on any atom is 0.243 e. The number of benzene rings is 1. The Balaban J connectivity index is 0.00000484. The highest BCUT2D eigenvalue weighted by atomic mass is 127. The summed E-state index contributed by atoms with van der Waals surface area (Å²) < 4.78 is 13.6. The van der Waals surface area contributed by atoms with Gasteiger partial charge in [-0.2, -0.15) is 0 Å². The zero-order chi connectivity index (χ0) is 16.7. The van der Waals surface area contributed by atoms with E-state index in [9.17, 15) is 9.18 Å². The monoisotopic (exact) mass is 436 g/mol. The molecule has 0 radical (unpaired) electrons. The summed E-state index contributed by atoms with van der Waals surface area (Å²) in [5.74, 6) is 0.230. The van der Waals surface area contributed by atoms with E-state index in [2.05, 4.69) is 15.6 Å². The summed E-state index contributed by atoms with van der Waals surface area (Å²) >= 11 is 0. The second-order valence-corrected chi connectivity index (χ2v) is 5.36. The van der Waals surface area contributed by atoms with Gasteiger partial charge in [0.2, 0.25) is 5.91 Å². The van der Waals surface area contributed by atoms with Gasteiger partial charge in [-0.3, -0.25) is 4.79 Å². The number of nitrogens with zero attached hydrogens (tertiary/aromatic N) is 2. The van der Waals surface area contributed by atoms with Gasteiger partial charge in [-0.15, -0.1) is 24.0 Å². The van der Waals surface area contributed by atoms with Crippen LogP contribution in [0.3, 0.4) is 0 Å². The number of aryl methyl sites for hydroxylation is 1. The average molecular weight is 436 g/mol. The van der Waals surface area contributed by atoms with Crippen molar-refractivity contribution in [3.63, 3.8) is 0 Å². The van der Waals surface area contributed by atoms with Crippen LogP contribution in [0.25, 0.3) is 0 Å². The van der Waals surface area contributed by atoms with E-state index in [0.717, 1.165) is 5.56 Å². The molecule has 0 fully saturated rings. The van der Waals surface area contributed by atoms with Crippen molar-refractivity contribution in [3.8, 4) is 0 Å². The quantitative estimate of drug-likeness (QED) is 0.424. The summed E-state index contributed by atoms with van der Waals surface area (Å²) in [6, 6.07) is 5.02. The SMILES string of the molecule is CCNC(=NCC(=O)N(C)C)NC(C)c1ccc(C)c(F)c1.I. The minimum absolute atomic E-state index is 0. The van der Waals surface area contributed by atoms with E-state index in [1.54, 1.807) is 27.1 Å². The van der Waals surface area contributed by atoms with Gasteiger partial charge in [0.1, 0.15) is 12.4 Å². The average Bonchev–Trinajstić information content (AvgIpc) is 2.47. The lowest BCUT2D eigenvalue weighted by Gasteiger charge is -2.19. The van der Waals surface area contributed by atoms with Crippen LogP contribution in [0.5, 0.6) is 0 Å². The minimum Gasteiger partial charge on any atom is -0.357 e. The van der Waals surface area contributed by atoms with Gasteiger partial charge < -0.3 is 15.5 Å². The molecule has 0 spiro atoms. The molecule has 1 atom stereocenters. The van der Waals surface area contributed by atoms with Gasteiger partial charge in [0.25, 0.3) is 0 Å². The molecule has 23 heavy (non-hydrogen) atoms. The molecule has 0 saturated carbocycles. The molecule has 1 aromatic rings. The molecule has 0 heterocycles. The first kappa shape index (κ1) is 21.6. The third kappa shape index (κ3) is 7.15. The van der Waals surface area contributed by atoms with E-state index >= 15 is 0 Å². The Morgan fingerprint density at radius 1 is 1.39 bits per heavy atom. The number of guanidine groups is 1. The molecule has 7 heteroatoms. The number of likely N-dealkylation sites (N-methyl/N-ethyl adjacent to an activating group) is 1. The number of rotatable bonds is 5. The highest BCUT2D eigenvalue weighted by Crippen LogP contribution is 2.16. The van der Waals surface area contributed by atoms with Gasteiger partial charge in [-0.05, 0) is 38.0 Å². The van der Waals surface area contributed by atoms with E-state index in [1.807, 2.05) is 19.9 Å². The zero-order valence-corrected chi connectivity index (χ0v) is 16.6. The highest BCUT2D eigenvalue weighted by molar-refractivity contribution is 14.0. The largest absolute Gasteiger partial charge is 0.357 e. The van der Waals surface area contributed by atoms with Crippen LogP contribution in [0.4, 0.5) is 4.39 Å². The number of aliphatic imine (C=N–C) groups is 1. The molecule has 130 valence electrons. The first-order valence-electron chi connectivity index (χ1n) is 7.36. The van der Waals surface area contributed by atoms with E-state index in [-0.39, 0.29) is 48.3 Å². The number of amides is 1. The molecule has 1 amide bonds. The van der Waals surface area contributed by atoms with Crippen molar-refractivity contribution in [2.24, 2.45) is 4.99 Å². The first-order chi connectivity index (χ1) is 10.3. The van der Waals surface area contributed by atoms with Crippen LogP contribution in [-0.2, 0) is 4.79 Å². The van der Waals surface area contributed by atoms with Gasteiger partial charge in [0.15, 0.2) is 5.96 Å². The summed E-state index contributed by atoms with van der Waals surface area (Å²) in [6.45, 7) is 6.34. The number of hydrogen-bond donors (Lipinski definition) is 2. The molecule has 0 saturated heterocycles. The summed E-state index contributed by atoms with van der Waals surface area (Å²) in [4.78, 5) is 17.3. The third-order valence-corrected chi connectivity index (χ3v) is 3.26. The number of carbonyl (C=O) groups excluding carboxylic acids is 1. The van der Waals surface area contributed by atoms with Crippen LogP contribution in [0.15, 0.2) is 23.2 Å². The molecule has 1 rings (SSSR count). The summed E-state index contributed by atoms with van der Waals surface area (Å²) in [5, 5.41) is 6.25. The normalized spacial score (nSPS) is 12.2. The van der Waals surface area contributed by atoms with Crippen LogP contribution in [0.1, 0.15) is 31.0 Å². The minimum atomic E-state index is -0.226. The number of halogens is 2. The lowest BCUT2D eigenvalue weighted by atomic mass is 10.1. The predicted octanol–water partition coefficient (Wildman–Crippen LogP) is 2.46. The van der Waals surface area contributed by atoms with Crippen LogP contribution >= 0.6 is 24.0 Å². The van der Waals surface area contributed by atoms with Crippen molar-refractivity contribution in [2.75, 3.05) is 27.2 Å². The maximum absolute atomic E-state index is 13.6. The van der Waals surface area contributed by atoms with E-state index < -0.39 is 0 Å². The third-order valence-electron chi connectivity index (χ3n) is 3.26. The van der Waals surface area contributed by atoms with Gasteiger partial charge in [0, 0.05) is 20.6 Å². The van der Waals surface area contributed by atoms with Crippen LogP contribution in [-0.4, -0.2) is 44.0 Å². The van der Waals surface area contributed by atoms with E-state index in [1.165, 1.54) is 11.0 Å². The number of carbonyl (C=O) groups is 1. The summed E-state index contributed by atoms with van der Waals surface area (Å²) in [6.07, 6.45) is 0. The standard InChI is InChI=1S/C16H25FN4O.HI/c1-6-18-16(19-10-15(22)21(4)5)20-12(3)13-8-7-11(2)14(17)9-13;/h7-9,12H,6,10H2,1-5H3,(H2,18,19,20);1H. The fraction of sp³-hybridized carbons (Fsp3) is 0.500. The topological polar surface area (TPSA) is 56.7 Å². The second kappa shape index (κ2) is 10.4. The Morgan fingerprint density at radius 3 is 2.57 bits per heavy atom. The Morgan fingerprint density at radius 2 is 2.04 bits per heavy atom. The smallest absolute Gasteiger partial charge is 0.243 e. The van der Waals surface area contributed by atoms with E-state index in [4.69, 9.17) is 0 Å². The second-order valence-electron chi connectivity index (χ2n) is 5.36. The highest BCUT2D eigenvalue weighted by Gasteiger charge is 2.10. The fourth-order valence-electron chi connectivity index (χ4n) is 1.77. The molecule has 2 N–H and O–H groups in total. The number of hydrogen-bond acceptors (Lipinski definition) is 2. The zero-order valence-electron chi connectivity index (χ0n) is 14.3. The first-order valence-corrected chi connectivity index (χ1v) is 7.36.